The maximum Gasteiger partial charge on any atom is 0.0686 e. The van der Waals surface area contributed by atoms with Crippen LogP contribution >= 0.6 is 0 Å². The van der Waals surface area contributed by atoms with Crippen molar-refractivity contribution in [3.05, 3.63) is 0 Å². The lowest BCUT2D eigenvalue weighted by molar-refractivity contribution is 0.215. The summed E-state index contributed by atoms with van der Waals surface area (Å²) in [5, 5.41) is 3.62. The Morgan fingerprint density at radius 3 is 3.00 bits per heavy atom. The molecule has 2 saturated heterocycles. The molecule has 2 rings (SSSR count). The minimum atomic E-state index is 0.284. The Kier molecular flexibility index (Phi) is 3.10. The topological polar surface area (TPSA) is 15.3 Å². The zero-order valence-electron chi connectivity index (χ0n) is 9.00. The summed E-state index contributed by atoms with van der Waals surface area (Å²) in [6.45, 7) is 6.00. The molecule has 2 nitrogen and oxygen atoms in total. The fraction of sp³-hybridized carbons (Fsp3) is 0.833. The third-order valence-corrected chi connectivity index (χ3v) is 3.66. The van der Waals surface area contributed by atoms with Gasteiger partial charge in [0.15, 0.2) is 0 Å². The summed E-state index contributed by atoms with van der Waals surface area (Å²) in [6, 6.07) is 0.960. The first kappa shape index (κ1) is 10.0. The Hall–Kier alpha value is -0.520. The first-order valence-electron chi connectivity index (χ1n) is 5.78. The minimum absolute atomic E-state index is 0.284. The maximum atomic E-state index is 5.47. The van der Waals surface area contributed by atoms with Crippen LogP contribution in [-0.2, 0) is 0 Å². The lowest BCUT2D eigenvalue weighted by Crippen LogP contribution is -2.47. The van der Waals surface area contributed by atoms with Crippen molar-refractivity contribution in [2.75, 3.05) is 19.6 Å². The first-order chi connectivity index (χ1) is 6.83. The van der Waals surface area contributed by atoms with E-state index in [1.807, 2.05) is 0 Å². The van der Waals surface area contributed by atoms with Crippen LogP contribution in [0.2, 0.25) is 0 Å². The van der Waals surface area contributed by atoms with Crippen LogP contribution in [0.5, 0.6) is 0 Å². The van der Waals surface area contributed by atoms with Gasteiger partial charge in [0.25, 0.3) is 0 Å². The lowest BCUT2D eigenvalue weighted by atomic mass is 9.93. The average molecular weight is 192 g/mol. The maximum absolute atomic E-state index is 5.47. The average Bonchev–Trinajstić information content (AvgIpc) is 2.61. The largest absolute Gasteiger partial charge is 0.303 e. The summed E-state index contributed by atoms with van der Waals surface area (Å²) in [4.78, 5) is 2.57. The van der Waals surface area contributed by atoms with Crippen LogP contribution in [0.15, 0.2) is 0 Å². The lowest BCUT2D eigenvalue weighted by Gasteiger charge is -2.32. The van der Waals surface area contributed by atoms with E-state index in [2.05, 4.69) is 23.1 Å². The standard InChI is InChI=1S/C12H20N2/c1-3-11(4-2)13-12-6-8-14-7-5-10(12)9-14/h1,10-13H,4-9H2,2H3. The van der Waals surface area contributed by atoms with Gasteiger partial charge in [0.1, 0.15) is 0 Å². The van der Waals surface area contributed by atoms with E-state index in [4.69, 9.17) is 6.42 Å². The monoisotopic (exact) mass is 192 g/mol. The summed E-state index contributed by atoms with van der Waals surface area (Å²) in [5.74, 6) is 3.69. The summed E-state index contributed by atoms with van der Waals surface area (Å²) in [6.07, 6.45) is 9.16. The van der Waals surface area contributed by atoms with Crippen molar-refractivity contribution in [3.8, 4) is 12.3 Å². The number of terminal acetylenes is 1. The minimum Gasteiger partial charge on any atom is -0.303 e. The first-order valence-corrected chi connectivity index (χ1v) is 5.78. The number of rotatable bonds is 3. The van der Waals surface area contributed by atoms with Crippen molar-refractivity contribution in [1.29, 1.82) is 0 Å². The molecule has 0 aromatic carbocycles. The highest BCUT2D eigenvalue weighted by molar-refractivity contribution is 5.01. The SMILES string of the molecule is C#CC(CC)NC1CCN2CCC1C2. The molecule has 2 bridgehead atoms. The van der Waals surface area contributed by atoms with E-state index < -0.39 is 0 Å². The van der Waals surface area contributed by atoms with Crippen LogP contribution in [0, 0.1) is 18.3 Å². The van der Waals surface area contributed by atoms with Crippen LogP contribution in [0.1, 0.15) is 26.2 Å². The van der Waals surface area contributed by atoms with Crippen LogP contribution in [-0.4, -0.2) is 36.6 Å². The summed E-state index contributed by atoms with van der Waals surface area (Å²) >= 11 is 0. The van der Waals surface area contributed by atoms with Gasteiger partial charge in [0.05, 0.1) is 6.04 Å². The molecule has 4 unspecified atom stereocenters. The normalized spacial score (nSPS) is 37.9. The molecule has 78 valence electrons. The zero-order chi connectivity index (χ0) is 9.97. The van der Waals surface area contributed by atoms with Crippen LogP contribution < -0.4 is 5.32 Å². The van der Waals surface area contributed by atoms with E-state index in [1.54, 1.807) is 0 Å². The van der Waals surface area contributed by atoms with E-state index in [-0.39, 0.29) is 6.04 Å². The molecule has 2 heteroatoms. The van der Waals surface area contributed by atoms with Crippen LogP contribution in [0.3, 0.4) is 0 Å². The quantitative estimate of drug-likeness (QED) is 0.673. The van der Waals surface area contributed by atoms with Gasteiger partial charge in [-0.1, -0.05) is 12.8 Å². The molecule has 2 aliphatic heterocycles. The summed E-state index contributed by atoms with van der Waals surface area (Å²) < 4.78 is 0. The molecule has 1 N–H and O–H groups in total. The van der Waals surface area contributed by atoms with Crippen LogP contribution in [0.4, 0.5) is 0 Å². The van der Waals surface area contributed by atoms with E-state index in [1.165, 1.54) is 32.5 Å². The van der Waals surface area contributed by atoms with Gasteiger partial charge in [-0.2, -0.15) is 0 Å². The van der Waals surface area contributed by atoms with Crippen LogP contribution in [0.25, 0.3) is 0 Å². The highest BCUT2D eigenvalue weighted by Gasteiger charge is 2.34. The molecule has 2 heterocycles. The molecular formula is C12H20N2. The van der Waals surface area contributed by atoms with E-state index in [0.717, 1.165) is 12.3 Å². The smallest absolute Gasteiger partial charge is 0.0686 e. The Morgan fingerprint density at radius 2 is 2.29 bits per heavy atom. The molecule has 2 fully saturated rings. The third-order valence-electron chi connectivity index (χ3n) is 3.66. The van der Waals surface area contributed by atoms with Gasteiger partial charge in [0, 0.05) is 12.6 Å². The molecule has 0 radical (unpaired) electrons. The number of nitrogens with one attached hydrogen (secondary N) is 1. The van der Waals surface area contributed by atoms with E-state index >= 15 is 0 Å². The highest BCUT2D eigenvalue weighted by atomic mass is 15.2. The van der Waals surface area contributed by atoms with Gasteiger partial charge >= 0.3 is 0 Å². The molecule has 0 aromatic rings. The number of piperidine rings is 1. The van der Waals surface area contributed by atoms with Crippen molar-refractivity contribution in [2.24, 2.45) is 5.92 Å². The van der Waals surface area contributed by atoms with E-state index in [9.17, 15) is 0 Å². The van der Waals surface area contributed by atoms with Gasteiger partial charge < -0.3 is 10.2 Å². The molecule has 0 aliphatic carbocycles. The zero-order valence-corrected chi connectivity index (χ0v) is 9.00. The molecule has 0 amide bonds. The number of hydrogen-bond acceptors (Lipinski definition) is 2. The Labute approximate surface area is 87.1 Å². The summed E-state index contributed by atoms with van der Waals surface area (Å²) in [7, 11) is 0. The predicted octanol–water partition coefficient (Wildman–Crippen LogP) is 1.08. The molecule has 0 aromatic heterocycles. The van der Waals surface area contributed by atoms with Crippen molar-refractivity contribution in [1.82, 2.24) is 10.2 Å². The van der Waals surface area contributed by atoms with Crippen molar-refractivity contribution >= 4 is 0 Å². The number of hydrogen-bond donors (Lipinski definition) is 1. The second kappa shape index (κ2) is 4.33. The Morgan fingerprint density at radius 1 is 1.50 bits per heavy atom. The highest BCUT2D eigenvalue weighted by Crippen LogP contribution is 2.27. The second-order valence-corrected chi connectivity index (χ2v) is 4.54. The van der Waals surface area contributed by atoms with Crippen molar-refractivity contribution < 1.29 is 0 Å². The van der Waals surface area contributed by atoms with Crippen molar-refractivity contribution in [3.63, 3.8) is 0 Å². The van der Waals surface area contributed by atoms with Gasteiger partial charge in [-0.25, -0.2) is 0 Å². The van der Waals surface area contributed by atoms with E-state index in [0.29, 0.717) is 6.04 Å². The van der Waals surface area contributed by atoms with Gasteiger partial charge in [-0.3, -0.25) is 0 Å². The molecule has 2 aliphatic rings. The Bertz CT molecular complexity index is 231. The molecule has 14 heavy (non-hydrogen) atoms. The number of nitrogens with zero attached hydrogens (tertiary/aromatic N) is 1. The molecule has 0 spiro atoms. The Balaban J connectivity index is 1.89. The summed E-state index contributed by atoms with van der Waals surface area (Å²) in [5.41, 5.74) is 0. The molecule has 0 saturated carbocycles. The third kappa shape index (κ3) is 1.94. The van der Waals surface area contributed by atoms with Gasteiger partial charge in [-0.15, -0.1) is 6.42 Å². The second-order valence-electron chi connectivity index (χ2n) is 4.54. The fourth-order valence-corrected chi connectivity index (χ4v) is 2.71. The fourth-order valence-electron chi connectivity index (χ4n) is 2.71. The van der Waals surface area contributed by atoms with Gasteiger partial charge in [0.2, 0.25) is 0 Å². The molecular weight excluding hydrogens is 172 g/mol. The van der Waals surface area contributed by atoms with Gasteiger partial charge in [-0.05, 0) is 38.3 Å². The number of fused-ring (bicyclic) bond motifs is 2. The predicted molar refractivity (Wildman–Crippen MR) is 59.0 cm³/mol. The molecule has 4 atom stereocenters. The van der Waals surface area contributed by atoms with Crippen molar-refractivity contribution in [2.45, 2.75) is 38.3 Å².